The molecule has 0 aliphatic heterocycles. The van der Waals surface area contributed by atoms with Crippen LogP contribution in [0.25, 0.3) is 0 Å². The number of halogens is 1. The summed E-state index contributed by atoms with van der Waals surface area (Å²) in [6, 6.07) is 0. The quantitative estimate of drug-likeness (QED) is 0.716. The first-order chi connectivity index (χ1) is 5.11. The summed E-state index contributed by atoms with van der Waals surface area (Å²) in [5, 5.41) is 3.69. The van der Waals surface area contributed by atoms with Crippen molar-refractivity contribution in [3.05, 3.63) is 16.5 Å². The van der Waals surface area contributed by atoms with E-state index in [-0.39, 0.29) is 11.6 Å². The zero-order valence-electron chi connectivity index (χ0n) is 5.93. The molecule has 0 radical (unpaired) electrons. The first kappa shape index (κ1) is 8.07. The van der Waals surface area contributed by atoms with Crippen molar-refractivity contribution in [2.75, 3.05) is 0 Å². The number of hydrogen-bond acceptors (Lipinski definition) is 3. The zero-order chi connectivity index (χ0) is 8.43. The predicted molar refractivity (Wildman–Crippen MR) is 39.1 cm³/mol. The fourth-order valence-corrected chi connectivity index (χ4v) is 0.971. The summed E-state index contributed by atoms with van der Waals surface area (Å²) in [6.45, 7) is 1.70. The highest BCUT2D eigenvalue weighted by Crippen LogP contribution is 2.18. The monoisotopic (exact) mass is 174 g/mol. The van der Waals surface area contributed by atoms with Gasteiger partial charge in [0, 0.05) is 5.56 Å². The van der Waals surface area contributed by atoms with Crippen LogP contribution in [0.5, 0.6) is 0 Å². The predicted octanol–water partition coefficient (Wildman–Crippen LogP) is 0.664. The summed E-state index contributed by atoms with van der Waals surface area (Å²) in [6.07, 6.45) is 0.0775. The third-order valence-electron chi connectivity index (χ3n) is 1.29. The molecule has 4 nitrogen and oxygen atoms in total. The van der Waals surface area contributed by atoms with Crippen LogP contribution in [0.3, 0.4) is 0 Å². The molecule has 60 valence electrons. The van der Waals surface area contributed by atoms with Gasteiger partial charge in [0.2, 0.25) is 11.1 Å². The number of nitrogens with two attached hydrogens (primary N) is 1. The maximum atomic E-state index is 10.5. The number of aromatic nitrogens is 1. The molecule has 0 aliphatic carbocycles. The number of carbonyl (C=O) groups excluding carboxylic acids is 1. The Morgan fingerprint density at radius 2 is 2.45 bits per heavy atom. The van der Waals surface area contributed by atoms with E-state index in [0.717, 1.165) is 0 Å². The van der Waals surface area contributed by atoms with Crippen LogP contribution in [0.2, 0.25) is 5.22 Å². The van der Waals surface area contributed by atoms with Gasteiger partial charge in [-0.05, 0) is 18.5 Å². The molecule has 1 aromatic heterocycles. The number of nitrogens with zero attached hydrogens (tertiary/aromatic N) is 1. The van der Waals surface area contributed by atoms with Gasteiger partial charge in [0.05, 0.1) is 12.1 Å². The van der Waals surface area contributed by atoms with Crippen LogP contribution in [0.4, 0.5) is 0 Å². The fourth-order valence-electron chi connectivity index (χ4n) is 0.733. The van der Waals surface area contributed by atoms with Crippen molar-refractivity contribution in [2.45, 2.75) is 13.3 Å². The van der Waals surface area contributed by atoms with E-state index in [1.807, 2.05) is 0 Å². The normalized spacial score (nSPS) is 10.0. The van der Waals surface area contributed by atoms with E-state index in [2.05, 4.69) is 9.68 Å². The smallest absolute Gasteiger partial charge is 0.229 e. The highest BCUT2D eigenvalue weighted by molar-refractivity contribution is 6.29. The number of aryl methyl sites for hydroxylation is 1. The molecule has 0 saturated carbocycles. The number of rotatable bonds is 2. The molecule has 2 N–H and O–H groups in total. The second-order valence-electron chi connectivity index (χ2n) is 2.16. The topological polar surface area (TPSA) is 69.1 Å². The summed E-state index contributed by atoms with van der Waals surface area (Å²) in [5.41, 5.74) is 6.13. The number of amides is 1. The molecule has 0 fully saturated rings. The molecular weight excluding hydrogens is 168 g/mol. The van der Waals surface area contributed by atoms with E-state index in [9.17, 15) is 4.79 Å². The number of hydrogen-bond donors (Lipinski definition) is 1. The van der Waals surface area contributed by atoms with Crippen molar-refractivity contribution in [3.8, 4) is 0 Å². The Morgan fingerprint density at radius 1 is 1.82 bits per heavy atom. The van der Waals surface area contributed by atoms with Gasteiger partial charge >= 0.3 is 0 Å². The maximum Gasteiger partial charge on any atom is 0.229 e. The molecule has 5 heteroatoms. The summed E-state index contributed by atoms with van der Waals surface area (Å²) < 4.78 is 4.60. The summed E-state index contributed by atoms with van der Waals surface area (Å²) >= 11 is 5.55. The summed E-state index contributed by atoms with van der Waals surface area (Å²) in [7, 11) is 0. The highest BCUT2D eigenvalue weighted by atomic mass is 35.5. The summed E-state index contributed by atoms with van der Waals surface area (Å²) in [5.74, 6) is -0.446. The molecule has 0 saturated heterocycles. The van der Waals surface area contributed by atoms with Gasteiger partial charge in [-0.1, -0.05) is 5.16 Å². The number of primary amides is 1. The van der Waals surface area contributed by atoms with E-state index in [1.54, 1.807) is 6.92 Å². The standard InChI is InChI=1S/C6H7ClN2O2/c1-3-4(2-5(8)10)6(7)11-9-3/h2H2,1H3,(H2,8,10). The largest absolute Gasteiger partial charge is 0.369 e. The van der Waals surface area contributed by atoms with Crippen LogP contribution < -0.4 is 5.73 Å². The van der Waals surface area contributed by atoms with Gasteiger partial charge in [-0.25, -0.2) is 0 Å². The van der Waals surface area contributed by atoms with Crippen LogP contribution in [0.1, 0.15) is 11.3 Å². The van der Waals surface area contributed by atoms with Crippen molar-refractivity contribution in [1.29, 1.82) is 0 Å². The molecule has 1 rings (SSSR count). The average Bonchev–Trinajstić information content (AvgIpc) is 2.18. The van der Waals surface area contributed by atoms with Crippen molar-refractivity contribution in [2.24, 2.45) is 5.73 Å². The van der Waals surface area contributed by atoms with E-state index in [4.69, 9.17) is 17.3 Å². The molecule has 11 heavy (non-hydrogen) atoms. The molecule has 0 unspecified atom stereocenters. The van der Waals surface area contributed by atoms with Crippen LogP contribution >= 0.6 is 11.6 Å². The second-order valence-corrected chi connectivity index (χ2v) is 2.51. The molecular formula is C6H7ClN2O2. The van der Waals surface area contributed by atoms with Crippen LogP contribution in [-0.2, 0) is 11.2 Å². The lowest BCUT2D eigenvalue weighted by Crippen LogP contribution is -2.14. The molecule has 0 aromatic carbocycles. The lowest BCUT2D eigenvalue weighted by molar-refractivity contribution is -0.117. The SMILES string of the molecule is Cc1noc(Cl)c1CC(N)=O. The Labute approximate surface area is 68.3 Å². The molecule has 1 heterocycles. The van der Waals surface area contributed by atoms with Gasteiger partial charge in [0.25, 0.3) is 0 Å². The van der Waals surface area contributed by atoms with Crippen LogP contribution in [-0.4, -0.2) is 11.1 Å². The minimum absolute atomic E-state index is 0.0775. The third kappa shape index (κ3) is 1.71. The third-order valence-corrected chi connectivity index (χ3v) is 1.58. The van der Waals surface area contributed by atoms with Gasteiger partial charge in [-0.3, -0.25) is 4.79 Å². The molecule has 0 aliphatic rings. The second kappa shape index (κ2) is 2.92. The van der Waals surface area contributed by atoms with E-state index < -0.39 is 5.91 Å². The van der Waals surface area contributed by atoms with Crippen LogP contribution in [0, 0.1) is 6.92 Å². The van der Waals surface area contributed by atoms with Crippen LogP contribution in [0.15, 0.2) is 4.52 Å². The van der Waals surface area contributed by atoms with Gasteiger partial charge in [-0.2, -0.15) is 0 Å². The first-order valence-electron chi connectivity index (χ1n) is 3.00. The Morgan fingerprint density at radius 3 is 2.82 bits per heavy atom. The molecule has 0 spiro atoms. The summed E-state index contributed by atoms with van der Waals surface area (Å²) in [4.78, 5) is 10.5. The Kier molecular flexibility index (Phi) is 2.14. The first-order valence-corrected chi connectivity index (χ1v) is 3.38. The van der Waals surface area contributed by atoms with Gasteiger partial charge in [0.15, 0.2) is 0 Å². The lowest BCUT2D eigenvalue weighted by Gasteiger charge is -1.91. The number of carbonyl (C=O) groups is 1. The van der Waals surface area contributed by atoms with Crippen molar-refractivity contribution >= 4 is 17.5 Å². The van der Waals surface area contributed by atoms with Gasteiger partial charge in [0.1, 0.15) is 0 Å². The maximum absolute atomic E-state index is 10.5. The van der Waals surface area contributed by atoms with Crippen molar-refractivity contribution in [3.63, 3.8) is 0 Å². The minimum Gasteiger partial charge on any atom is -0.369 e. The van der Waals surface area contributed by atoms with E-state index in [0.29, 0.717) is 11.3 Å². The highest BCUT2D eigenvalue weighted by Gasteiger charge is 2.12. The molecule has 0 bridgehead atoms. The van der Waals surface area contributed by atoms with Gasteiger partial charge < -0.3 is 10.3 Å². The molecule has 0 atom stereocenters. The minimum atomic E-state index is -0.446. The van der Waals surface area contributed by atoms with Gasteiger partial charge in [-0.15, -0.1) is 0 Å². The Hall–Kier alpha value is -1.03. The Balaban J connectivity index is 2.92. The Bertz CT molecular complexity index is 263. The average molecular weight is 175 g/mol. The zero-order valence-corrected chi connectivity index (χ0v) is 6.68. The lowest BCUT2D eigenvalue weighted by atomic mass is 10.2. The van der Waals surface area contributed by atoms with Crippen molar-refractivity contribution < 1.29 is 9.32 Å². The van der Waals surface area contributed by atoms with Crippen molar-refractivity contribution in [1.82, 2.24) is 5.16 Å². The van der Waals surface area contributed by atoms with E-state index >= 15 is 0 Å². The van der Waals surface area contributed by atoms with E-state index in [1.165, 1.54) is 0 Å². The fraction of sp³-hybridized carbons (Fsp3) is 0.333. The molecule has 1 amide bonds. The molecule has 1 aromatic rings.